The minimum atomic E-state index is -0.836. The summed E-state index contributed by atoms with van der Waals surface area (Å²) in [6.07, 6.45) is 0.715. The molecular weight excluding hydrogens is 312 g/mol. The second-order valence-electron chi connectivity index (χ2n) is 5.19. The number of rotatable bonds is 3. The van der Waals surface area contributed by atoms with Gasteiger partial charge in [-0.2, -0.15) is 14.8 Å². The highest BCUT2D eigenvalue weighted by atomic mass is 16.2. The topological polar surface area (TPSA) is 118 Å². The lowest BCUT2D eigenvalue weighted by atomic mass is 10.2. The SMILES string of the molecule is C=C1C(=O)N=C(n2nc(C)cc2NC(=O)C(=O)NCCC)N=C1C. The molecule has 24 heavy (non-hydrogen) atoms. The molecule has 2 rings (SSSR count). The Balaban J connectivity index is 2.27. The predicted molar refractivity (Wildman–Crippen MR) is 89.0 cm³/mol. The maximum Gasteiger partial charge on any atom is 0.314 e. The molecule has 2 heterocycles. The summed E-state index contributed by atoms with van der Waals surface area (Å²) in [6, 6.07) is 1.55. The lowest BCUT2D eigenvalue weighted by molar-refractivity contribution is -0.136. The third-order valence-corrected chi connectivity index (χ3v) is 3.17. The van der Waals surface area contributed by atoms with Gasteiger partial charge in [0.05, 0.1) is 17.0 Å². The summed E-state index contributed by atoms with van der Waals surface area (Å²) < 4.78 is 1.20. The summed E-state index contributed by atoms with van der Waals surface area (Å²) in [6.45, 7) is 9.20. The molecule has 0 aliphatic carbocycles. The number of carbonyl (C=O) groups excluding carboxylic acids is 3. The van der Waals surface area contributed by atoms with Crippen LogP contribution in [-0.4, -0.2) is 45.7 Å². The van der Waals surface area contributed by atoms with Crippen molar-refractivity contribution in [2.45, 2.75) is 27.2 Å². The number of carbonyl (C=O) groups is 3. The van der Waals surface area contributed by atoms with E-state index in [1.165, 1.54) is 4.68 Å². The first-order chi connectivity index (χ1) is 11.3. The van der Waals surface area contributed by atoms with Crippen LogP contribution in [0.5, 0.6) is 0 Å². The number of hydrogen-bond acceptors (Lipinski definition) is 5. The number of hydrogen-bond donors (Lipinski definition) is 2. The number of aryl methyl sites for hydroxylation is 1. The van der Waals surface area contributed by atoms with Gasteiger partial charge in [0.2, 0.25) is 0 Å². The Bertz CT molecular complexity index is 787. The first-order valence-corrected chi connectivity index (χ1v) is 7.37. The molecule has 3 amide bonds. The van der Waals surface area contributed by atoms with Gasteiger partial charge in [0.25, 0.3) is 11.9 Å². The zero-order chi connectivity index (χ0) is 17.9. The molecule has 0 spiro atoms. The molecule has 2 N–H and O–H groups in total. The summed E-state index contributed by atoms with van der Waals surface area (Å²) >= 11 is 0. The van der Waals surface area contributed by atoms with Crippen LogP contribution in [-0.2, 0) is 14.4 Å². The predicted octanol–water partition coefficient (Wildman–Crippen LogP) is 0.418. The minimum Gasteiger partial charge on any atom is -0.348 e. The van der Waals surface area contributed by atoms with Gasteiger partial charge in [-0.1, -0.05) is 13.5 Å². The quantitative estimate of drug-likeness (QED) is 0.616. The van der Waals surface area contributed by atoms with Crippen molar-refractivity contribution in [3.05, 3.63) is 23.9 Å². The largest absolute Gasteiger partial charge is 0.348 e. The van der Waals surface area contributed by atoms with Crippen molar-refractivity contribution in [3.63, 3.8) is 0 Å². The normalized spacial score (nSPS) is 14.1. The second-order valence-corrected chi connectivity index (χ2v) is 5.19. The van der Waals surface area contributed by atoms with Gasteiger partial charge >= 0.3 is 11.8 Å². The highest BCUT2D eigenvalue weighted by Crippen LogP contribution is 2.14. The van der Waals surface area contributed by atoms with Gasteiger partial charge in [0.15, 0.2) is 0 Å². The third kappa shape index (κ3) is 3.62. The molecule has 0 atom stereocenters. The number of amides is 3. The first-order valence-electron chi connectivity index (χ1n) is 7.37. The number of anilines is 1. The van der Waals surface area contributed by atoms with Crippen molar-refractivity contribution in [2.24, 2.45) is 9.98 Å². The van der Waals surface area contributed by atoms with Gasteiger partial charge in [-0.3, -0.25) is 14.4 Å². The van der Waals surface area contributed by atoms with Crippen LogP contribution in [0.4, 0.5) is 5.82 Å². The van der Waals surface area contributed by atoms with Crippen molar-refractivity contribution >= 4 is 35.2 Å². The van der Waals surface area contributed by atoms with Gasteiger partial charge in [0, 0.05) is 12.6 Å². The maximum absolute atomic E-state index is 11.9. The van der Waals surface area contributed by atoms with Crippen LogP contribution in [0.1, 0.15) is 26.0 Å². The summed E-state index contributed by atoms with van der Waals surface area (Å²) in [5.74, 6) is -1.92. The van der Waals surface area contributed by atoms with E-state index in [-0.39, 0.29) is 17.4 Å². The van der Waals surface area contributed by atoms with Crippen LogP contribution in [0.15, 0.2) is 28.2 Å². The fraction of sp³-hybridized carbons (Fsp3) is 0.333. The van der Waals surface area contributed by atoms with E-state index in [4.69, 9.17) is 0 Å². The minimum absolute atomic E-state index is 0.00210. The summed E-state index contributed by atoms with van der Waals surface area (Å²) in [5.41, 5.74) is 1.18. The van der Waals surface area contributed by atoms with Gasteiger partial charge in [0.1, 0.15) is 5.82 Å². The molecule has 1 aliphatic rings. The Morgan fingerprint density at radius 1 is 1.25 bits per heavy atom. The van der Waals surface area contributed by atoms with Crippen LogP contribution in [0.25, 0.3) is 0 Å². The average Bonchev–Trinajstić information content (AvgIpc) is 2.90. The highest BCUT2D eigenvalue weighted by molar-refractivity contribution is 6.39. The highest BCUT2D eigenvalue weighted by Gasteiger charge is 2.22. The monoisotopic (exact) mass is 330 g/mol. The molecule has 0 fully saturated rings. The van der Waals surface area contributed by atoms with Gasteiger partial charge in [-0.05, 0) is 20.3 Å². The van der Waals surface area contributed by atoms with Crippen molar-refractivity contribution in [3.8, 4) is 0 Å². The molecule has 1 aliphatic heterocycles. The molecule has 126 valence electrons. The van der Waals surface area contributed by atoms with E-state index >= 15 is 0 Å². The smallest absolute Gasteiger partial charge is 0.314 e. The number of aliphatic imine (C=N–C) groups is 2. The standard InChI is InChI=1S/C15H18N6O3/c1-5-6-16-13(23)14(24)18-11-7-8(2)20-21(11)15-17-10(4)9(3)12(22)19-15/h7H,3,5-6H2,1-2,4H3,(H,16,23)(H,18,24). The van der Waals surface area contributed by atoms with Gasteiger partial charge in [-0.15, -0.1) is 0 Å². The fourth-order valence-electron chi connectivity index (χ4n) is 1.88. The second kappa shape index (κ2) is 6.99. The van der Waals surface area contributed by atoms with E-state index in [1.54, 1.807) is 19.9 Å². The Kier molecular flexibility index (Phi) is 5.02. The Labute approximate surface area is 138 Å². The van der Waals surface area contributed by atoms with E-state index in [2.05, 4.69) is 32.3 Å². The molecule has 0 unspecified atom stereocenters. The van der Waals surface area contributed by atoms with Crippen LogP contribution in [0.3, 0.4) is 0 Å². The van der Waals surface area contributed by atoms with E-state index in [9.17, 15) is 14.4 Å². The van der Waals surface area contributed by atoms with E-state index in [0.717, 1.165) is 0 Å². The van der Waals surface area contributed by atoms with Crippen molar-refractivity contribution in [1.82, 2.24) is 15.1 Å². The molecule has 0 saturated heterocycles. The molecule has 1 aromatic heterocycles. The van der Waals surface area contributed by atoms with E-state index < -0.39 is 17.7 Å². The molecule has 0 aromatic carbocycles. The molecule has 0 radical (unpaired) electrons. The Hall–Kier alpha value is -3.10. The van der Waals surface area contributed by atoms with Crippen LogP contribution in [0.2, 0.25) is 0 Å². The summed E-state index contributed by atoms with van der Waals surface area (Å²) in [4.78, 5) is 43.3. The Morgan fingerprint density at radius 2 is 1.96 bits per heavy atom. The van der Waals surface area contributed by atoms with Gasteiger partial charge in [-0.25, -0.2) is 4.99 Å². The van der Waals surface area contributed by atoms with Crippen LogP contribution in [0, 0.1) is 6.92 Å². The number of nitrogens with one attached hydrogen (secondary N) is 2. The van der Waals surface area contributed by atoms with Crippen molar-refractivity contribution in [1.29, 1.82) is 0 Å². The fourth-order valence-corrected chi connectivity index (χ4v) is 1.88. The molecular formula is C15H18N6O3. The van der Waals surface area contributed by atoms with Crippen LogP contribution < -0.4 is 10.6 Å². The summed E-state index contributed by atoms with van der Waals surface area (Å²) in [5, 5.41) is 9.07. The summed E-state index contributed by atoms with van der Waals surface area (Å²) in [7, 11) is 0. The zero-order valence-electron chi connectivity index (χ0n) is 13.7. The molecule has 9 nitrogen and oxygen atoms in total. The lowest BCUT2D eigenvalue weighted by Crippen LogP contribution is -2.36. The van der Waals surface area contributed by atoms with Crippen molar-refractivity contribution < 1.29 is 14.4 Å². The Morgan fingerprint density at radius 3 is 2.58 bits per heavy atom. The number of aromatic nitrogens is 2. The van der Waals surface area contributed by atoms with Crippen molar-refractivity contribution in [2.75, 3.05) is 11.9 Å². The molecule has 0 bridgehead atoms. The first kappa shape index (κ1) is 17.3. The average molecular weight is 330 g/mol. The van der Waals surface area contributed by atoms with Gasteiger partial charge < -0.3 is 10.6 Å². The number of nitrogens with zero attached hydrogens (tertiary/aromatic N) is 4. The maximum atomic E-state index is 11.9. The zero-order valence-corrected chi connectivity index (χ0v) is 13.7. The lowest BCUT2D eigenvalue weighted by Gasteiger charge is -2.12. The third-order valence-electron chi connectivity index (χ3n) is 3.17. The molecule has 0 saturated carbocycles. The van der Waals surface area contributed by atoms with Crippen LogP contribution >= 0.6 is 0 Å². The van der Waals surface area contributed by atoms with E-state index in [1.807, 2.05) is 6.92 Å². The van der Waals surface area contributed by atoms with E-state index in [0.29, 0.717) is 24.4 Å². The molecule has 9 heteroatoms. The molecule has 1 aromatic rings.